The largest absolute Gasteiger partial charge is 0.489 e. The number of rotatable bonds is 8. The fourth-order valence-electron chi connectivity index (χ4n) is 3.69. The van der Waals surface area contributed by atoms with E-state index < -0.39 is 11.9 Å². The quantitative estimate of drug-likeness (QED) is 0.340. The molecule has 8 heteroatoms. The average Bonchev–Trinajstić information content (AvgIpc) is 3.43. The minimum Gasteiger partial charge on any atom is -0.489 e. The average molecular weight is 454 g/mol. The van der Waals surface area contributed by atoms with Gasteiger partial charge in [-0.2, -0.15) is 4.98 Å². The van der Waals surface area contributed by atoms with Gasteiger partial charge in [0.15, 0.2) is 0 Å². The number of aromatic nitrogens is 3. The summed E-state index contributed by atoms with van der Waals surface area (Å²) < 4.78 is 11.2. The first kappa shape index (κ1) is 21.9. The molecule has 166 valence electrons. The minimum absolute atomic E-state index is 0.0163. The second kappa shape index (κ2) is 9.04. The van der Waals surface area contributed by atoms with Crippen molar-refractivity contribution in [3.63, 3.8) is 0 Å². The van der Waals surface area contributed by atoms with E-state index in [2.05, 4.69) is 15.1 Å². The van der Waals surface area contributed by atoms with E-state index in [1.165, 1.54) is 0 Å². The Bertz CT molecular complexity index is 1260. The van der Waals surface area contributed by atoms with Crippen molar-refractivity contribution in [2.75, 3.05) is 0 Å². The summed E-state index contributed by atoms with van der Waals surface area (Å²) in [5, 5.41) is 15.0. The first-order chi connectivity index (χ1) is 15.4. The molecule has 4 aromatic rings. The third-order valence-electron chi connectivity index (χ3n) is 5.33. The van der Waals surface area contributed by atoms with Crippen molar-refractivity contribution in [2.24, 2.45) is 5.92 Å². The van der Waals surface area contributed by atoms with Crippen LogP contribution in [0.3, 0.4) is 0 Å². The van der Waals surface area contributed by atoms with Crippen molar-refractivity contribution in [3.05, 3.63) is 53.2 Å². The maximum Gasteiger partial charge on any atom is 0.306 e. The molecule has 0 bridgehead atoms. The zero-order valence-electron chi connectivity index (χ0n) is 18.1. The molecule has 0 saturated carbocycles. The van der Waals surface area contributed by atoms with Crippen molar-refractivity contribution in [3.8, 4) is 28.6 Å². The van der Waals surface area contributed by atoms with E-state index in [9.17, 15) is 9.90 Å². The number of carboxylic acids is 1. The van der Waals surface area contributed by atoms with Gasteiger partial charge in [-0.25, -0.2) is 0 Å². The third kappa shape index (κ3) is 4.34. The molecule has 0 spiro atoms. The van der Waals surface area contributed by atoms with E-state index in [0.29, 0.717) is 40.9 Å². The van der Waals surface area contributed by atoms with Crippen molar-refractivity contribution in [2.45, 2.75) is 39.7 Å². The molecule has 0 radical (unpaired) electrons. The van der Waals surface area contributed by atoms with Crippen LogP contribution in [0.4, 0.5) is 0 Å². The predicted molar refractivity (Wildman–Crippen MR) is 123 cm³/mol. The van der Waals surface area contributed by atoms with Crippen LogP contribution in [-0.4, -0.2) is 32.3 Å². The van der Waals surface area contributed by atoms with Crippen LogP contribution < -0.4 is 4.74 Å². The zero-order chi connectivity index (χ0) is 22.8. The van der Waals surface area contributed by atoms with Crippen LogP contribution in [-0.2, 0) is 11.2 Å². The van der Waals surface area contributed by atoms with E-state index in [1.807, 2.05) is 51.2 Å². The lowest BCUT2D eigenvalue weighted by atomic mass is 9.94. The fourth-order valence-corrected chi connectivity index (χ4v) is 3.91. The molecule has 1 atom stereocenters. The van der Waals surface area contributed by atoms with E-state index in [-0.39, 0.29) is 6.10 Å². The molecule has 0 aliphatic rings. The van der Waals surface area contributed by atoms with Gasteiger partial charge in [0.1, 0.15) is 5.75 Å². The molecule has 7 nitrogen and oxygen atoms in total. The van der Waals surface area contributed by atoms with E-state index in [0.717, 1.165) is 22.0 Å². The summed E-state index contributed by atoms with van der Waals surface area (Å²) in [7, 11) is 0. The fraction of sp³-hybridized carbons (Fsp3) is 0.292. The lowest BCUT2D eigenvalue weighted by Gasteiger charge is -2.11. The number of hydrogen-bond acceptors (Lipinski definition) is 5. The molecule has 2 aromatic heterocycles. The molecule has 0 amide bonds. The van der Waals surface area contributed by atoms with E-state index in [1.54, 1.807) is 12.1 Å². The Hall–Kier alpha value is -3.32. The monoisotopic (exact) mass is 453 g/mol. The second-order valence-corrected chi connectivity index (χ2v) is 8.33. The molecule has 0 saturated heterocycles. The summed E-state index contributed by atoms with van der Waals surface area (Å²) >= 11 is 6.34. The highest BCUT2D eigenvalue weighted by atomic mass is 35.5. The van der Waals surface area contributed by atoms with Gasteiger partial charge in [-0.3, -0.25) is 4.79 Å². The Morgan fingerprint density at radius 2 is 2.06 bits per heavy atom. The Labute approximate surface area is 190 Å². The molecule has 0 aliphatic heterocycles. The smallest absolute Gasteiger partial charge is 0.306 e. The van der Waals surface area contributed by atoms with Gasteiger partial charge in [-0.15, -0.1) is 0 Å². The number of carbonyl (C=O) groups is 1. The minimum atomic E-state index is -0.786. The van der Waals surface area contributed by atoms with Gasteiger partial charge >= 0.3 is 5.97 Å². The summed E-state index contributed by atoms with van der Waals surface area (Å²) in [6, 6.07) is 11.1. The maximum atomic E-state index is 11.5. The number of nitrogens with one attached hydrogen (secondary N) is 1. The summed E-state index contributed by atoms with van der Waals surface area (Å²) in [5.74, 6) is 0.164. The maximum absolute atomic E-state index is 11.5. The highest BCUT2D eigenvalue weighted by Crippen LogP contribution is 2.33. The number of carboxylic acid groups (broad SMARTS) is 1. The van der Waals surface area contributed by atoms with Gasteiger partial charge in [0.25, 0.3) is 5.89 Å². The second-order valence-electron chi connectivity index (χ2n) is 7.92. The van der Waals surface area contributed by atoms with Crippen LogP contribution >= 0.6 is 11.6 Å². The summed E-state index contributed by atoms with van der Waals surface area (Å²) in [5.41, 5.74) is 3.28. The van der Waals surface area contributed by atoms with Crippen LogP contribution in [0.25, 0.3) is 33.7 Å². The Kier molecular flexibility index (Phi) is 6.19. The van der Waals surface area contributed by atoms with Crippen LogP contribution in [0.1, 0.15) is 32.8 Å². The molecular weight excluding hydrogens is 430 g/mol. The van der Waals surface area contributed by atoms with Gasteiger partial charge in [-0.1, -0.05) is 29.7 Å². The van der Waals surface area contributed by atoms with Crippen LogP contribution in [0, 0.1) is 5.92 Å². The summed E-state index contributed by atoms with van der Waals surface area (Å²) in [4.78, 5) is 19.3. The first-order valence-corrected chi connectivity index (χ1v) is 10.9. The topological polar surface area (TPSA) is 101 Å². The zero-order valence-corrected chi connectivity index (χ0v) is 18.8. The highest BCUT2D eigenvalue weighted by Gasteiger charge is 2.20. The lowest BCUT2D eigenvalue weighted by molar-refractivity contribution is -0.141. The molecule has 0 aliphatic carbocycles. The molecule has 2 aromatic carbocycles. The van der Waals surface area contributed by atoms with Crippen molar-refractivity contribution < 1.29 is 19.2 Å². The van der Waals surface area contributed by atoms with E-state index >= 15 is 0 Å². The normalized spacial score (nSPS) is 12.4. The molecule has 2 heterocycles. The highest BCUT2D eigenvalue weighted by molar-refractivity contribution is 6.32. The number of fused-ring (bicyclic) bond motifs is 1. The Morgan fingerprint density at radius 1 is 1.25 bits per heavy atom. The predicted octanol–water partition coefficient (Wildman–Crippen LogP) is 5.98. The van der Waals surface area contributed by atoms with Gasteiger partial charge in [0.05, 0.1) is 22.6 Å². The molecule has 0 fully saturated rings. The molecule has 4 rings (SSSR count). The molecule has 2 N–H and O–H groups in total. The number of ether oxygens (including phenoxy) is 1. The van der Waals surface area contributed by atoms with Gasteiger partial charge < -0.3 is 19.4 Å². The third-order valence-corrected chi connectivity index (χ3v) is 5.63. The van der Waals surface area contributed by atoms with Crippen LogP contribution in [0.5, 0.6) is 5.75 Å². The molecule has 1 unspecified atom stereocenters. The molecule has 32 heavy (non-hydrogen) atoms. The Morgan fingerprint density at radius 3 is 2.75 bits per heavy atom. The standard InChI is InChI=1S/C24H24ClN3O4/c1-4-14(24(29)30)11-15-5-7-18(21-17(15)9-10-26-21)22-27-23(32-28-22)16-6-8-20(19(25)12-16)31-13(2)3/h5-10,12-14,26H,4,11H2,1-3H3,(H,29,30). The van der Waals surface area contributed by atoms with Crippen LogP contribution in [0.2, 0.25) is 5.02 Å². The lowest BCUT2D eigenvalue weighted by Crippen LogP contribution is -2.15. The SMILES string of the molecule is CCC(Cc1ccc(-c2noc(-c3ccc(OC(C)C)c(Cl)c3)n2)c2[nH]ccc12)C(=O)O. The number of aliphatic carboxylic acids is 1. The summed E-state index contributed by atoms with van der Waals surface area (Å²) in [6.07, 6.45) is 2.87. The van der Waals surface area contributed by atoms with Gasteiger partial charge in [0, 0.05) is 22.7 Å². The Balaban J connectivity index is 1.66. The van der Waals surface area contributed by atoms with Crippen molar-refractivity contribution in [1.29, 1.82) is 0 Å². The van der Waals surface area contributed by atoms with Crippen LogP contribution in [0.15, 0.2) is 47.1 Å². The summed E-state index contributed by atoms with van der Waals surface area (Å²) in [6.45, 7) is 5.76. The number of H-pyrrole nitrogens is 1. The first-order valence-electron chi connectivity index (χ1n) is 10.5. The van der Waals surface area contributed by atoms with E-state index in [4.69, 9.17) is 20.9 Å². The van der Waals surface area contributed by atoms with Gasteiger partial charge in [0.2, 0.25) is 5.82 Å². The number of hydrogen-bond donors (Lipinski definition) is 2. The number of aromatic amines is 1. The number of benzene rings is 2. The van der Waals surface area contributed by atoms with Crippen molar-refractivity contribution >= 4 is 28.5 Å². The number of halogens is 1. The molecular formula is C24H24ClN3O4. The number of nitrogens with zero attached hydrogens (tertiary/aromatic N) is 2. The van der Waals surface area contributed by atoms with Gasteiger partial charge in [-0.05, 0) is 62.6 Å². The van der Waals surface area contributed by atoms with Crippen molar-refractivity contribution in [1.82, 2.24) is 15.1 Å².